The number of nitrogens with zero attached hydrogens (tertiary/aromatic N) is 2. The Kier molecular flexibility index (Phi) is 4.00. The highest BCUT2D eigenvalue weighted by molar-refractivity contribution is 5.77. The number of morpholine rings is 1. The van der Waals surface area contributed by atoms with Gasteiger partial charge in [-0.05, 0) is 43.0 Å². The van der Waals surface area contributed by atoms with Crippen LogP contribution in [0, 0.1) is 19.8 Å². The third kappa shape index (κ3) is 2.83. The number of hydrogen-bond donors (Lipinski definition) is 1. The quantitative estimate of drug-likeness (QED) is 0.942. The highest BCUT2D eigenvalue weighted by Crippen LogP contribution is 2.29. The van der Waals surface area contributed by atoms with Crippen LogP contribution in [0.4, 0.5) is 0 Å². The van der Waals surface area contributed by atoms with E-state index >= 15 is 0 Å². The fourth-order valence-corrected chi connectivity index (χ4v) is 3.20. The normalized spacial score (nSPS) is 18.5. The topological polar surface area (TPSA) is 41.2 Å². The Labute approximate surface area is 126 Å². The molecule has 1 aliphatic heterocycles. The van der Waals surface area contributed by atoms with E-state index in [-0.39, 0.29) is 0 Å². The maximum Gasteiger partial charge on any atom is 0.124 e. The molecule has 1 fully saturated rings. The summed E-state index contributed by atoms with van der Waals surface area (Å²) in [4.78, 5) is 10.9. The second-order valence-electron chi connectivity index (χ2n) is 6.41. The van der Waals surface area contributed by atoms with Crippen LogP contribution in [0.3, 0.4) is 0 Å². The molecule has 1 saturated heterocycles. The van der Waals surface area contributed by atoms with Crippen molar-refractivity contribution in [2.45, 2.75) is 33.7 Å². The van der Waals surface area contributed by atoms with Crippen LogP contribution in [0.2, 0.25) is 0 Å². The van der Waals surface area contributed by atoms with Crippen LogP contribution < -0.4 is 0 Å². The van der Waals surface area contributed by atoms with Crippen LogP contribution in [0.25, 0.3) is 11.0 Å². The Bertz CT molecular complexity index is 587. The van der Waals surface area contributed by atoms with E-state index in [0.717, 1.165) is 43.2 Å². The van der Waals surface area contributed by atoms with Crippen LogP contribution in [0.5, 0.6) is 0 Å². The van der Waals surface area contributed by atoms with Crippen molar-refractivity contribution < 1.29 is 4.74 Å². The van der Waals surface area contributed by atoms with Gasteiger partial charge in [-0.25, -0.2) is 4.98 Å². The van der Waals surface area contributed by atoms with Crippen LogP contribution >= 0.6 is 0 Å². The summed E-state index contributed by atoms with van der Waals surface area (Å²) < 4.78 is 5.48. The lowest BCUT2D eigenvalue weighted by molar-refractivity contribution is 0.00372. The summed E-state index contributed by atoms with van der Waals surface area (Å²) in [6.07, 6.45) is 0. The van der Waals surface area contributed by atoms with Gasteiger partial charge >= 0.3 is 0 Å². The molecule has 0 bridgehead atoms. The molecule has 1 aliphatic rings. The van der Waals surface area contributed by atoms with Gasteiger partial charge in [0.05, 0.1) is 30.3 Å². The predicted molar refractivity (Wildman–Crippen MR) is 85.5 cm³/mol. The van der Waals surface area contributed by atoms with Crippen molar-refractivity contribution >= 4 is 11.0 Å². The largest absolute Gasteiger partial charge is 0.379 e. The number of hydrogen-bond acceptors (Lipinski definition) is 3. The van der Waals surface area contributed by atoms with E-state index < -0.39 is 0 Å². The fourth-order valence-electron chi connectivity index (χ4n) is 3.20. The maximum atomic E-state index is 5.48. The van der Waals surface area contributed by atoms with Crippen molar-refractivity contribution in [2.24, 2.45) is 5.92 Å². The van der Waals surface area contributed by atoms with Crippen molar-refractivity contribution in [1.82, 2.24) is 14.9 Å². The molecule has 2 aromatic rings. The van der Waals surface area contributed by atoms with Gasteiger partial charge in [-0.15, -0.1) is 0 Å². The Morgan fingerprint density at radius 1 is 1.14 bits per heavy atom. The van der Waals surface area contributed by atoms with Crippen molar-refractivity contribution in [3.05, 3.63) is 29.1 Å². The van der Waals surface area contributed by atoms with Gasteiger partial charge in [0.25, 0.3) is 0 Å². The molecule has 0 saturated carbocycles. The number of H-pyrrole nitrogens is 1. The van der Waals surface area contributed by atoms with E-state index in [2.05, 4.69) is 49.7 Å². The average Bonchev–Trinajstić information content (AvgIpc) is 2.82. The first-order valence-corrected chi connectivity index (χ1v) is 7.85. The molecule has 2 heterocycles. The highest BCUT2D eigenvalue weighted by Gasteiger charge is 2.27. The van der Waals surface area contributed by atoms with Crippen molar-refractivity contribution in [3.63, 3.8) is 0 Å². The molecule has 0 amide bonds. The van der Waals surface area contributed by atoms with Crippen molar-refractivity contribution in [1.29, 1.82) is 0 Å². The minimum Gasteiger partial charge on any atom is -0.379 e. The summed E-state index contributed by atoms with van der Waals surface area (Å²) in [5.41, 5.74) is 4.83. The van der Waals surface area contributed by atoms with Crippen LogP contribution in [-0.2, 0) is 4.74 Å². The zero-order chi connectivity index (χ0) is 15.0. The Morgan fingerprint density at radius 3 is 2.48 bits per heavy atom. The third-order valence-corrected chi connectivity index (χ3v) is 4.47. The van der Waals surface area contributed by atoms with Crippen LogP contribution in [-0.4, -0.2) is 41.2 Å². The zero-order valence-corrected chi connectivity index (χ0v) is 13.4. The van der Waals surface area contributed by atoms with E-state index in [4.69, 9.17) is 9.72 Å². The smallest absolute Gasteiger partial charge is 0.124 e. The Balaban J connectivity index is 1.98. The minimum atomic E-state index is 0.335. The molecular formula is C17H25N3O. The average molecular weight is 287 g/mol. The first-order valence-electron chi connectivity index (χ1n) is 7.85. The molecule has 114 valence electrons. The second kappa shape index (κ2) is 5.78. The molecule has 1 atom stereocenters. The number of ether oxygens (including phenoxy) is 1. The monoisotopic (exact) mass is 287 g/mol. The number of aromatic amines is 1. The van der Waals surface area contributed by atoms with Crippen LogP contribution in [0.1, 0.15) is 36.8 Å². The molecule has 0 aliphatic carbocycles. The Morgan fingerprint density at radius 2 is 1.81 bits per heavy atom. The summed E-state index contributed by atoms with van der Waals surface area (Å²) in [5.74, 6) is 1.61. The fraction of sp³-hybridized carbons (Fsp3) is 0.588. The van der Waals surface area contributed by atoms with Gasteiger partial charge in [-0.2, -0.15) is 0 Å². The number of nitrogens with one attached hydrogen (secondary N) is 1. The van der Waals surface area contributed by atoms with Crippen molar-refractivity contribution in [2.75, 3.05) is 26.3 Å². The molecule has 0 spiro atoms. The Hall–Kier alpha value is -1.39. The first kappa shape index (κ1) is 14.5. The van der Waals surface area contributed by atoms with E-state index in [0.29, 0.717) is 12.0 Å². The van der Waals surface area contributed by atoms with Gasteiger partial charge in [0, 0.05) is 13.1 Å². The summed E-state index contributed by atoms with van der Waals surface area (Å²) in [7, 11) is 0. The predicted octanol–water partition coefficient (Wildman–Crippen LogP) is 3.21. The number of imidazole rings is 1. The number of rotatable bonds is 3. The molecule has 3 rings (SSSR count). The van der Waals surface area contributed by atoms with Crippen LogP contribution in [0.15, 0.2) is 12.1 Å². The van der Waals surface area contributed by atoms with E-state index in [1.165, 1.54) is 11.1 Å². The molecular weight excluding hydrogens is 262 g/mol. The number of fused-ring (bicyclic) bond motifs is 1. The lowest BCUT2D eigenvalue weighted by atomic mass is 10.0. The van der Waals surface area contributed by atoms with Gasteiger partial charge in [0.2, 0.25) is 0 Å². The standard InChI is InChI=1S/C17H25N3O/c1-11(2)16(20-5-7-21-8-6-20)17-18-14-9-12(3)13(4)10-15(14)19-17/h9-11,16H,5-8H2,1-4H3,(H,18,19). The molecule has 1 aromatic heterocycles. The first-order chi connectivity index (χ1) is 10.1. The molecule has 4 nitrogen and oxygen atoms in total. The zero-order valence-electron chi connectivity index (χ0n) is 13.4. The van der Waals surface area contributed by atoms with Gasteiger partial charge in [-0.1, -0.05) is 13.8 Å². The van der Waals surface area contributed by atoms with Gasteiger partial charge < -0.3 is 9.72 Å². The summed E-state index contributed by atoms with van der Waals surface area (Å²) >= 11 is 0. The molecule has 1 N–H and O–H groups in total. The van der Waals surface area contributed by atoms with E-state index in [9.17, 15) is 0 Å². The maximum absolute atomic E-state index is 5.48. The lowest BCUT2D eigenvalue weighted by Gasteiger charge is -2.35. The number of aromatic nitrogens is 2. The molecule has 1 aromatic carbocycles. The molecule has 4 heteroatoms. The summed E-state index contributed by atoms with van der Waals surface area (Å²) in [6, 6.07) is 4.72. The molecule has 21 heavy (non-hydrogen) atoms. The lowest BCUT2D eigenvalue weighted by Crippen LogP contribution is -2.41. The molecule has 1 unspecified atom stereocenters. The van der Waals surface area contributed by atoms with E-state index in [1.54, 1.807) is 0 Å². The number of aryl methyl sites for hydroxylation is 2. The van der Waals surface area contributed by atoms with Gasteiger partial charge in [-0.3, -0.25) is 4.90 Å². The number of benzene rings is 1. The van der Waals surface area contributed by atoms with Crippen molar-refractivity contribution in [3.8, 4) is 0 Å². The van der Waals surface area contributed by atoms with Gasteiger partial charge in [0.1, 0.15) is 5.82 Å². The second-order valence-corrected chi connectivity index (χ2v) is 6.41. The third-order valence-electron chi connectivity index (χ3n) is 4.47. The summed E-state index contributed by atoms with van der Waals surface area (Å²) in [6.45, 7) is 12.4. The SMILES string of the molecule is Cc1cc2nc(C(C(C)C)N3CCOCC3)[nH]c2cc1C. The van der Waals surface area contributed by atoms with E-state index in [1.807, 2.05) is 0 Å². The molecule has 0 radical (unpaired) electrons. The summed E-state index contributed by atoms with van der Waals surface area (Å²) in [5, 5.41) is 0. The minimum absolute atomic E-state index is 0.335. The highest BCUT2D eigenvalue weighted by atomic mass is 16.5. The van der Waals surface area contributed by atoms with Gasteiger partial charge in [0.15, 0.2) is 0 Å².